The van der Waals surface area contributed by atoms with E-state index in [2.05, 4.69) is 5.16 Å². The van der Waals surface area contributed by atoms with Crippen molar-refractivity contribution >= 4 is 11.7 Å². The van der Waals surface area contributed by atoms with Crippen LogP contribution in [0, 0.1) is 5.92 Å². The van der Waals surface area contributed by atoms with Crippen molar-refractivity contribution in [2.24, 2.45) is 5.92 Å². The first-order chi connectivity index (χ1) is 13.1. The number of hydrogen-bond acceptors (Lipinski definition) is 5. The summed E-state index contributed by atoms with van der Waals surface area (Å²) in [5.41, 5.74) is 0.304. The summed E-state index contributed by atoms with van der Waals surface area (Å²) in [5, 5.41) is 3.97. The molecule has 1 aromatic rings. The highest BCUT2D eigenvalue weighted by atomic mass is 19.3. The van der Waals surface area contributed by atoms with Crippen LogP contribution >= 0.6 is 0 Å². The van der Waals surface area contributed by atoms with Gasteiger partial charge in [0.25, 0.3) is 0 Å². The molecule has 28 heavy (non-hydrogen) atoms. The minimum Gasteiger partial charge on any atom is -0.377 e. The van der Waals surface area contributed by atoms with Crippen molar-refractivity contribution in [2.45, 2.75) is 70.3 Å². The predicted octanol–water partition coefficient (Wildman–Crippen LogP) is 3.14. The number of morpholine rings is 1. The number of ether oxygens (including phenoxy) is 1. The average molecular weight is 398 g/mol. The Bertz CT molecular complexity index is 716. The summed E-state index contributed by atoms with van der Waals surface area (Å²) in [7, 11) is 0. The maximum Gasteiger partial charge on any atom is 0.248 e. The fourth-order valence-corrected chi connectivity index (χ4v) is 3.70. The predicted molar refractivity (Wildman–Crippen MR) is 97.1 cm³/mol. The van der Waals surface area contributed by atoms with Gasteiger partial charge in [0.15, 0.2) is 5.78 Å². The summed E-state index contributed by atoms with van der Waals surface area (Å²) in [5.74, 6) is -2.84. The molecule has 1 saturated carbocycles. The summed E-state index contributed by atoms with van der Waals surface area (Å²) in [6.45, 7) is 6.73. The topological polar surface area (TPSA) is 72.6 Å². The van der Waals surface area contributed by atoms with Crippen LogP contribution in [0.1, 0.15) is 57.9 Å². The fraction of sp³-hybridized carbons (Fsp3) is 0.750. The van der Waals surface area contributed by atoms with Gasteiger partial charge in [0.05, 0.1) is 25.3 Å². The molecule has 1 amide bonds. The highest BCUT2D eigenvalue weighted by molar-refractivity contribution is 5.91. The van der Waals surface area contributed by atoms with E-state index >= 15 is 0 Å². The lowest BCUT2D eigenvalue weighted by atomic mass is 9.85. The Balaban J connectivity index is 1.66. The number of rotatable bonds is 4. The smallest absolute Gasteiger partial charge is 0.248 e. The van der Waals surface area contributed by atoms with Gasteiger partial charge in [0, 0.05) is 36.8 Å². The molecule has 0 spiro atoms. The monoisotopic (exact) mass is 398 g/mol. The van der Waals surface area contributed by atoms with Gasteiger partial charge in [-0.1, -0.05) is 25.9 Å². The Morgan fingerprint density at radius 2 is 1.96 bits per heavy atom. The number of aromatic nitrogens is 1. The van der Waals surface area contributed by atoms with Crippen molar-refractivity contribution in [1.29, 1.82) is 0 Å². The maximum atomic E-state index is 13.4. The van der Waals surface area contributed by atoms with Crippen LogP contribution in [-0.2, 0) is 26.2 Å². The number of hydrogen-bond donors (Lipinski definition) is 0. The molecule has 1 saturated heterocycles. The van der Waals surface area contributed by atoms with E-state index in [1.165, 1.54) is 4.90 Å². The van der Waals surface area contributed by atoms with Crippen molar-refractivity contribution in [1.82, 2.24) is 10.1 Å². The number of alkyl halides is 2. The number of nitrogens with zero attached hydrogens (tertiary/aromatic N) is 2. The first-order valence-electron chi connectivity index (χ1n) is 9.82. The lowest BCUT2D eigenvalue weighted by Crippen LogP contribution is -2.55. The van der Waals surface area contributed by atoms with E-state index in [9.17, 15) is 18.4 Å². The van der Waals surface area contributed by atoms with Crippen LogP contribution in [0.2, 0.25) is 0 Å². The number of Topliss-reactive ketones (excluding diaryl/α,β-unsaturated/α-hetero) is 1. The molecule has 0 radical (unpaired) electrons. The maximum absolute atomic E-state index is 13.4. The third-order valence-corrected chi connectivity index (χ3v) is 5.50. The first-order valence-corrected chi connectivity index (χ1v) is 9.82. The summed E-state index contributed by atoms with van der Waals surface area (Å²) in [6.07, 6.45) is -0.202. The zero-order valence-electron chi connectivity index (χ0n) is 16.7. The molecule has 1 aliphatic carbocycles. The third-order valence-electron chi connectivity index (χ3n) is 5.50. The van der Waals surface area contributed by atoms with E-state index < -0.39 is 17.9 Å². The van der Waals surface area contributed by atoms with E-state index in [1.807, 2.05) is 20.8 Å². The van der Waals surface area contributed by atoms with Crippen LogP contribution in [0.25, 0.3) is 0 Å². The molecule has 1 unspecified atom stereocenters. The molecule has 6 nitrogen and oxygen atoms in total. The molecule has 2 aliphatic rings. The molecule has 0 aromatic carbocycles. The van der Waals surface area contributed by atoms with Crippen LogP contribution in [0.3, 0.4) is 0 Å². The SMILES string of the molecule is CC(C)(C)c1cc(CC(=O)C2COCCN2C(=O)C2CCC(F)(F)CC2)no1. The number of halogens is 2. The van der Waals surface area contributed by atoms with E-state index in [1.54, 1.807) is 6.07 Å². The van der Waals surface area contributed by atoms with E-state index in [4.69, 9.17) is 9.26 Å². The van der Waals surface area contributed by atoms with Crippen molar-refractivity contribution in [3.63, 3.8) is 0 Å². The minimum atomic E-state index is -2.69. The van der Waals surface area contributed by atoms with Gasteiger partial charge >= 0.3 is 0 Å². The van der Waals surface area contributed by atoms with Crippen LogP contribution < -0.4 is 0 Å². The van der Waals surface area contributed by atoms with Crippen LogP contribution in [0.5, 0.6) is 0 Å². The number of ketones is 1. The lowest BCUT2D eigenvalue weighted by molar-refractivity contribution is -0.153. The third kappa shape index (κ3) is 4.77. The van der Waals surface area contributed by atoms with Gasteiger partial charge in [-0.3, -0.25) is 9.59 Å². The lowest BCUT2D eigenvalue weighted by Gasteiger charge is -2.38. The highest BCUT2D eigenvalue weighted by Gasteiger charge is 2.41. The second-order valence-corrected chi connectivity index (χ2v) is 8.83. The van der Waals surface area contributed by atoms with Gasteiger partial charge in [-0.25, -0.2) is 8.78 Å². The fourth-order valence-electron chi connectivity index (χ4n) is 3.70. The van der Waals surface area contributed by atoms with Gasteiger partial charge in [-0.05, 0) is 12.8 Å². The minimum absolute atomic E-state index is 0.0418. The molecular weight excluding hydrogens is 370 g/mol. The molecule has 3 rings (SSSR count). The number of amides is 1. The molecule has 2 fully saturated rings. The van der Waals surface area contributed by atoms with Crippen molar-refractivity contribution in [2.75, 3.05) is 19.8 Å². The van der Waals surface area contributed by atoms with Gasteiger partial charge < -0.3 is 14.2 Å². The van der Waals surface area contributed by atoms with Gasteiger partial charge in [0.1, 0.15) is 11.8 Å². The zero-order chi connectivity index (χ0) is 20.5. The average Bonchev–Trinajstić information content (AvgIpc) is 3.10. The van der Waals surface area contributed by atoms with Gasteiger partial charge in [-0.15, -0.1) is 0 Å². The first kappa shape index (κ1) is 20.9. The second-order valence-electron chi connectivity index (χ2n) is 8.83. The molecule has 2 heterocycles. The summed E-state index contributed by atoms with van der Waals surface area (Å²) >= 11 is 0. The van der Waals surface area contributed by atoms with E-state index in [0.717, 1.165) is 0 Å². The normalized spacial score (nSPS) is 23.6. The highest BCUT2D eigenvalue weighted by Crippen LogP contribution is 2.37. The van der Waals surface area contributed by atoms with Crippen LogP contribution in [-0.4, -0.2) is 53.5 Å². The van der Waals surface area contributed by atoms with Crippen molar-refractivity contribution < 1.29 is 27.6 Å². The van der Waals surface area contributed by atoms with Crippen LogP contribution in [0.4, 0.5) is 8.78 Å². The zero-order valence-corrected chi connectivity index (χ0v) is 16.7. The number of carbonyl (C=O) groups excluding carboxylic acids is 2. The Morgan fingerprint density at radius 1 is 1.29 bits per heavy atom. The Kier molecular flexibility index (Phi) is 5.89. The molecule has 1 aliphatic heterocycles. The molecule has 1 aromatic heterocycles. The molecule has 0 bridgehead atoms. The standard InChI is InChI=1S/C20H28F2N2O4/c1-19(2,3)17-11-14(23-28-17)10-16(25)15-12-27-9-8-24(15)18(26)13-4-6-20(21,22)7-5-13/h11,13,15H,4-10,12H2,1-3H3. The molecule has 8 heteroatoms. The van der Waals surface area contributed by atoms with Crippen molar-refractivity contribution in [3.8, 4) is 0 Å². The summed E-state index contributed by atoms with van der Waals surface area (Å²) < 4.78 is 37.5. The Morgan fingerprint density at radius 3 is 2.57 bits per heavy atom. The van der Waals surface area contributed by atoms with E-state index in [-0.39, 0.29) is 55.8 Å². The Labute approximate surface area is 163 Å². The molecule has 0 N–H and O–H groups in total. The molecular formula is C20H28F2N2O4. The Hall–Kier alpha value is -1.83. The van der Waals surface area contributed by atoms with Crippen LogP contribution in [0.15, 0.2) is 10.6 Å². The largest absolute Gasteiger partial charge is 0.377 e. The molecule has 156 valence electrons. The number of carbonyl (C=O) groups is 2. The summed E-state index contributed by atoms with van der Waals surface area (Å²) in [4.78, 5) is 27.3. The summed E-state index contributed by atoms with van der Waals surface area (Å²) in [6, 6.07) is 1.05. The second kappa shape index (κ2) is 7.89. The molecule has 1 atom stereocenters. The van der Waals surface area contributed by atoms with Gasteiger partial charge in [0.2, 0.25) is 11.8 Å². The quantitative estimate of drug-likeness (QED) is 0.779. The van der Waals surface area contributed by atoms with Gasteiger partial charge in [-0.2, -0.15) is 0 Å². The van der Waals surface area contributed by atoms with E-state index in [0.29, 0.717) is 24.6 Å². The van der Waals surface area contributed by atoms with Crippen molar-refractivity contribution in [3.05, 3.63) is 17.5 Å².